The van der Waals surface area contributed by atoms with Gasteiger partial charge in [-0.15, -0.1) is 0 Å². The Hall–Kier alpha value is -0.860. The lowest BCUT2D eigenvalue weighted by atomic mass is 9.82. The minimum Gasteiger partial charge on any atom is -0.381 e. The molecule has 1 saturated heterocycles. The summed E-state index contributed by atoms with van der Waals surface area (Å²) in [6.07, 6.45) is 8.17. The van der Waals surface area contributed by atoms with E-state index in [1.165, 1.54) is 49.7 Å². The molecule has 0 N–H and O–H groups in total. The quantitative estimate of drug-likeness (QED) is 0.792. The molecule has 116 valence electrons. The van der Waals surface area contributed by atoms with Gasteiger partial charge in [-0.05, 0) is 61.5 Å². The molecule has 1 heterocycles. The summed E-state index contributed by atoms with van der Waals surface area (Å²) in [5.74, 6) is 1.44. The van der Waals surface area contributed by atoms with Crippen molar-refractivity contribution < 1.29 is 9.47 Å². The molecule has 2 aliphatic rings. The molecule has 1 saturated carbocycles. The van der Waals surface area contributed by atoms with Crippen LogP contribution in [-0.4, -0.2) is 19.8 Å². The first kappa shape index (κ1) is 15.1. The average Bonchev–Trinajstić information content (AvgIpc) is 2.56. The van der Waals surface area contributed by atoms with Crippen molar-refractivity contribution in [1.29, 1.82) is 0 Å². The minimum atomic E-state index is 0.319. The van der Waals surface area contributed by atoms with Crippen LogP contribution in [0, 0.1) is 5.92 Å². The predicted octanol–water partition coefficient (Wildman–Crippen LogP) is 4.85. The van der Waals surface area contributed by atoms with E-state index in [2.05, 4.69) is 31.2 Å². The molecule has 2 fully saturated rings. The van der Waals surface area contributed by atoms with E-state index in [4.69, 9.17) is 9.47 Å². The number of hydrogen-bond donors (Lipinski definition) is 0. The summed E-state index contributed by atoms with van der Waals surface area (Å²) in [4.78, 5) is 0. The van der Waals surface area contributed by atoms with Gasteiger partial charge in [0.25, 0.3) is 0 Å². The van der Waals surface area contributed by atoms with Gasteiger partial charge in [-0.3, -0.25) is 0 Å². The highest BCUT2D eigenvalue weighted by Crippen LogP contribution is 2.35. The topological polar surface area (TPSA) is 18.5 Å². The van der Waals surface area contributed by atoms with E-state index in [0.717, 1.165) is 18.4 Å². The van der Waals surface area contributed by atoms with Gasteiger partial charge in [-0.1, -0.05) is 31.2 Å². The molecule has 2 nitrogen and oxygen atoms in total. The Balaban J connectivity index is 1.59. The summed E-state index contributed by atoms with van der Waals surface area (Å²) in [6, 6.07) is 9.24. The van der Waals surface area contributed by atoms with Crippen molar-refractivity contribution >= 4 is 0 Å². The molecule has 0 bridgehead atoms. The lowest BCUT2D eigenvalue weighted by Crippen LogP contribution is -2.20. The van der Waals surface area contributed by atoms with Crippen molar-refractivity contribution in [3.8, 4) is 0 Å². The molecular formula is C19H28O2. The first-order valence-corrected chi connectivity index (χ1v) is 8.50. The van der Waals surface area contributed by atoms with Crippen molar-refractivity contribution in [2.75, 3.05) is 13.7 Å². The Kier molecular flexibility index (Phi) is 4.97. The van der Waals surface area contributed by atoms with Crippen LogP contribution in [0.5, 0.6) is 0 Å². The van der Waals surface area contributed by atoms with Crippen molar-refractivity contribution in [3.05, 3.63) is 35.4 Å². The zero-order valence-electron chi connectivity index (χ0n) is 13.4. The second-order valence-electron chi connectivity index (χ2n) is 6.88. The van der Waals surface area contributed by atoms with Gasteiger partial charge in [-0.2, -0.15) is 0 Å². The summed E-state index contributed by atoms with van der Waals surface area (Å²) in [6.45, 7) is 3.18. The number of hydrogen-bond acceptors (Lipinski definition) is 2. The van der Waals surface area contributed by atoms with E-state index in [9.17, 15) is 0 Å². The van der Waals surface area contributed by atoms with Crippen LogP contribution in [0.1, 0.15) is 68.6 Å². The molecule has 0 radical (unpaired) electrons. The van der Waals surface area contributed by atoms with E-state index in [0.29, 0.717) is 12.2 Å². The second kappa shape index (κ2) is 6.93. The predicted molar refractivity (Wildman–Crippen MR) is 85.5 cm³/mol. The lowest BCUT2D eigenvalue weighted by molar-refractivity contribution is -0.0123. The van der Waals surface area contributed by atoms with Crippen LogP contribution in [0.4, 0.5) is 0 Å². The van der Waals surface area contributed by atoms with Gasteiger partial charge >= 0.3 is 0 Å². The molecule has 21 heavy (non-hydrogen) atoms. The highest BCUT2D eigenvalue weighted by molar-refractivity contribution is 5.27. The third-order valence-electron chi connectivity index (χ3n) is 5.29. The minimum absolute atomic E-state index is 0.319. The van der Waals surface area contributed by atoms with Crippen molar-refractivity contribution in [2.24, 2.45) is 5.92 Å². The molecule has 1 aromatic carbocycles. The highest BCUT2D eigenvalue weighted by atomic mass is 16.5. The molecule has 0 spiro atoms. The van der Waals surface area contributed by atoms with Crippen molar-refractivity contribution in [3.63, 3.8) is 0 Å². The fourth-order valence-corrected chi connectivity index (χ4v) is 3.76. The van der Waals surface area contributed by atoms with Crippen molar-refractivity contribution in [2.45, 2.75) is 63.6 Å². The Morgan fingerprint density at radius 3 is 2.14 bits per heavy atom. The van der Waals surface area contributed by atoms with Gasteiger partial charge in [-0.25, -0.2) is 0 Å². The van der Waals surface area contributed by atoms with Crippen LogP contribution in [0.2, 0.25) is 0 Å². The number of ether oxygens (including phenoxy) is 2. The van der Waals surface area contributed by atoms with E-state index >= 15 is 0 Å². The van der Waals surface area contributed by atoms with E-state index in [1.54, 1.807) is 0 Å². The summed E-state index contributed by atoms with van der Waals surface area (Å²) in [7, 11) is 1.84. The third-order valence-corrected chi connectivity index (χ3v) is 5.29. The Labute approximate surface area is 128 Å². The molecule has 2 atom stereocenters. The lowest BCUT2D eigenvalue weighted by Gasteiger charge is -2.29. The molecule has 0 amide bonds. The third kappa shape index (κ3) is 3.67. The number of rotatable bonds is 3. The number of benzene rings is 1. The highest BCUT2D eigenvalue weighted by Gasteiger charge is 2.23. The smallest absolute Gasteiger partial charge is 0.0825 e. The van der Waals surface area contributed by atoms with Crippen LogP contribution in [0.3, 0.4) is 0 Å². The first-order chi connectivity index (χ1) is 10.3. The summed E-state index contributed by atoms with van der Waals surface area (Å²) in [5.41, 5.74) is 2.86. The standard InChI is InChI=1S/C19H28O2/c1-14-3-12-19(21-13-14)17-6-4-15(5-7-17)16-8-10-18(20-2)11-9-16/h4-7,14,16,18-19H,3,8-13H2,1-2H3. The molecule has 2 unspecified atom stereocenters. The monoisotopic (exact) mass is 288 g/mol. The maximum Gasteiger partial charge on any atom is 0.0825 e. The molecular weight excluding hydrogens is 260 g/mol. The summed E-state index contributed by atoms with van der Waals surface area (Å²) in [5, 5.41) is 0. The van der Waals surface area contributed by atoms with E-state index in [1.807, 2.05) is 7.11 Å². The van der Waals surface area contributed by atoms with Crippen LogP contribution in [0.25, 0.3) is 0 Å². The molecule has 2 heteroatoms. The van der Waals surface area contributed by atoms with Crippen molar-refractivity contribution in [1.82, 2.24) is 0 Å². The Morgan fingerprint density at radius 1 is 0.905 bits per heavy atom. The second-order valence-corrected chi connectivity index (χ2v) is 6.88. The van der Waals surface area contributed by atoms with E-state index < -0.39 is 0 Å². The van der Waals surface area contributed by atoms with Crippen LogP contribution < -0.4 is 0 Å². The average molecular weight is 288 g/mol. The summed E-state index contributed by atoms with van der Waals surface area (Å²) >= 11 is 0. The maximum atomic E-state index is 5.97. The fourth-order valence-electron chi connectivity index (χ4n) is 3.76. The molecule has 1 aromatic rings. The van der Waals surface area contributed by atoms with Crippen LogP contribution >= 0.6 is 0 Å². The molecule has 0 aromatic heterocycles. The largest absolute Gasteiger partial charge is 0.381 e. The van der Waals surface area contributed by atoms with Gasteiger partial charge in [0.05, 0.1) is 12.2 Å². The Morgan fingerprint density at radius 2 is 1.57 bits per heavy atom. The zero-order valence-corrected chi connectivity index (χ0v) is 13.4. The SMILES string of the molecule is COC1CCC(c2ccc(C3CCC(C)CO3)cc2)CC1. The van der Waals surface area contributed by atoms with Gasteiger partial charge in [0.15, 0.2) is 0 Å². The normalized spacial score (nSPS) is 33.8. The number of methoxy groups -OCH3 is 1. The first-order valence-electron chi connectivity index (χ1n) is 8.50. The van der Waals surface area contributed by atoms with E-state index in [-0.39, 0.29) is 0 Å². The van der Waals surface area contributed by atoms with Crippen LogP contribution in [-0.2, 0) is 9.47 Å². The maximum absolute atomic E-state index is 5.97. The molecule has 1 aliphatic heterocycles. The molecule has 1 aliphatic carbocycles. The van der Waals surface area contributed by atoms with Crippen LogP contribution in [0.15, 0.2) is 24.3 Å². The van der Waals surface area contributed by atoms with Gasteiger partial charge in [0.1, 0.15) is 0 Å². The Bertz CT molecular complexity index is 423. The summed E-state index contributed by atoms with van der Waals surface area (Å²) < 4.78 is 11.4. The zero-order chi connectivity index (χ0) is 14.7. The van der Waals surface area contributed by atoms with Gasteiger partial charge in [0.2, 0.25) is 0 Å². The fraction of sp³-hybridized carbons (Fsp3) is 0.684. The molecule has 3 rings (SSSR count). The van der Waals surface area contributed by atoms with Gasteiger partial charge in [0, 0.05) is 13.7 Å². The van der Waals surface area contributed by atoms with Gasteiger partial charge < -0.3 is 9.47 Å².